The lowest BCUT2D eigenvalue weighted by Crippen LogP contribution is -2.43. The minimum Gasteiger partial charge on any atom is -0.346 e. The van der Waals surface area contributed by atoms with Crippen LogP contribution in [0.5, 0.6) is 0 Å². The van der Waals surface area contributed by atoms with Crippen LogP contribution in [0.2, 0.25) is 0 Å². The Balaban J connectivity index is 1.72. The Hall–Kier alpha value is -0.570. The first-order valence-electron chi connectivity index (χ1n) is 8.15. The summed E-state index contributed by atoms with van der Waals surface area (Å²) in [5.41, 5.74) is 0. The highest BCUT2D eigenvalue weighted by atomic mass is 16.2. The van der Waals surface area contributed by atoms with E-state index in [1.54, 1.807) is 0 Å². The molecule has 1 N–H and O–H groups in total. The molecular weight excluding hydrogens is 236 g/mol. The maximum absolute atomic E-state index is 12.4. The molecule has 1 heterocycles. The van der Waals surface area contributed by atoms with Gasteiger partial charge in [-0.05, 0) is 38.6 Å². The van der Waals surface area contributed by atoms with Crippen molar-refractivity contribution >= 4 is 5.91 Å². The fourth-order valence-corrected chi connectivity index (χ4v) is 3.63. The second kappa shape index (κ2) is 7.28. The third-order valence-electron chi connectivity index (χ3n) is 4.95. The maximum atomic E-state index is 12.4. The van der Waals surface area contributed by atoms with Crippen LogP contribution < -0.4 is 5.32 Å². The van der Waals surface area contributed by atoms with Crippen molar-refractivity contribution in [2.45, 2.75) is 64.3 Å². The number of carbonyl (C=O) groups is 1. The third kappa shape index (κ3) is 4.48. The summed E-state index contributed by atoms with van der Waals surface area (Å²) in [5, 5.41) is 3.42. The lowest BCUT2D eigenvalue weighted by atomic mass is 9.86. The number of hydrogen-bond donors (Lipinski definition) is 1. The summed E-state index contributed by atoms with van der Waals surface area (Å²) in [6.07, 6.45) is 10.2. The van der Waals surface area contributed by atoms with Crippen molar-refractivity contribution in [2.75, 3.05) is 20.1 Å². The lowest BCUT2D eigenvalue weighted by molar-refractivity contribution is -0.135. The van der Waals surface area contributed by atoms with E-state index in [1.807, 2.05) is 11.9 Å². The van der Waals surface area contributed by atoms with Crippen LogP contribution in [0.4, 0.5) is 0 Å². The van der Waals surface area contributed by atoms with E-state index in [1.165, 1.54) is 38.5 Å². The molecule has 0 aromatic carbocycles. The molecule has 0 bridgehead atoms. The van der Waals surface area contributed by atoms with Crippen molar-refractivity contribution in [1.82, 2.24) is 10.2 Å². The summed E-state index contributed by atoms with van der Waals surface area (Å²) < 4.78 is 0. The molecule has 1 saturated carbocycles. The number of rotatable bonds is 4. The Kier molecular flexibility index (Phi) is 5.68. The van der Waals surface area contributed by atoms with E-state index in [2.05, 4.69) is 12.2 Å². The number of amides is 1. The van der Waals surface area contributed by atoms with Crippen LogP contribution >= 0.6 is 0 Å². The van der Waals surface area contributed by atoms with Crippen molar-refractivity contribution in [3.8, 4) is 0 Å². The monoisotopic (exact) mass is 266 g/mol. The van der Waals surface area contributed by atoms with E-state index >= 15 is 0 Å². The van der Waals surface area contributed by atoms with E-state index in [4.69, 9.17) is 0 Å². The number of nitrogens with one attached hydrogen (secondary N) is 1. The van der Waals surface area contributed by atoms with E-state index in [0.717, 1.165) is 31.8 Å². The second-order valence-corrected chi connectivity index (χ2v) is 6.63. The fourth-order valence-electron chi connectivity index (χ4n) is 3.63. The molecule has 0 unspecified atom stereocenters. The Morgan fingerprint density at radius 1 is 1.21 bits per heavy atom. The molecule has 2 atom stereocenters. The Bertz CT molecular complexity index is 286. The van der Waals surface area contributed by atoms with Crippen molar-refractivity contribution < 1.29 is 4.79 Å². The quantitative estimate of drug-likeness (QED) is 0.848. The number of carbonyl (C=O) groups excluding carboxylic acids is 1. The van der Waals surface area contributed by atoms with Crippen LogP contribution in [0.25, 0.3) is 0 Å². The lowest BCUT2D eigenvalue weighted by Gasteiger charge is -2.31. The summed E-state index contributed by atoms with van der Waals surface area (Å²) >= 11 is 0. The van der Waals surface area contributed by atoms with Crippen LogP contribution in [0, 0.1) is 11.8 Å². The molecule has 0 aromatic rings. The maximum Gasteiger partial charge on any atom is 0.225 e. The van der Waals surface area contributed by atoms with Crippen LogP contribution in [-0.2, 0) is 4.79 Å². The Labute approximate surface area is 118 Å². The average molecular weight is 266 g/mol. The van der Waals surface area contributed by atoms with Gasteiger partial charge in [-0.15, -0.1) is 0 Å². The molecular formula is C16H30N2O. The molecule has 19 heavy (non-hydrogen) atoms. The van der Waals surface area contributed by atoms with Crippen molar-refractivity contribution in [3.05, 3.63) is 0 Å². The summed E-state index contributed by atoms with van der Waals surface area (Å²) in [6, 6.07) is 0.495. The number of hydrogen-bond acceptors (Lipinski definition) is 2. The zero-order chi connectivity index (χ0) is 13.7. The first-order chi connectivity index (χ1) is 9.16. The topological polar surface area (TPSA) is 32.3 Å². The zero-order valence-electron chi connectivity index (χ0n) is 12.7. The molecule has 110 valence electrons. The molecule has 1 aliphatic heterocycles. The molecule has 0 spiro atoms. The summed E-state index contributed by atoms with van der Waals surface area (Å²) in [4.78, 5) is 14.4. The highest BCUT2D eigenvalue weighted by Crippen LogP contribution is 2.26. The van der Waals surface area contributed by atoms with Gasteiger partial charge in [0.25, 0.3) is 0 Å². The zero-order valence-corrected chi connectivity index (χ0v) is 12.7. The largest absolute Gasteiger partial charge is 0.346 e. The summed E-state index contributed by atoms with van der Waals surface area (Å²) in [5.74, 6) is 1.51. The first kappa shape index (κ1) is 14.8. The Morgan fingerprint density at radius 3 is 2.63 bits per heavy atom. The van der Waals surface area contributed by atoms with E-state index < -0.39 is 0 Å². The van der Waals surface area contributed by atoms with E-state index in [0.29, 0.717) is 11.9 Å². The molecule has 3 nitrogen and oxygen atoms in total. The van der Waals surface area contributed by atoms with E-state index in [9.17, 15) is 4.79 Å². The SMILES string of the molecule is C[C@H]1C[C@@H](C(=O)N(C)CCC2CCCCC2)CCN1. The van der Waals surface area contributed by atoms with Gasteiger partial charge in [0.1, 0.15) is 0 Å². The molecule has 1 amide bonds. The molecule has 2 fully saturated rings. The Morgan fingerprint density at radius 2 is 1.95 bits per heavy atom. The predicted molar refractivity (Wildman–Crippen MR) is 79.0 cm³/mol. The van der Waals surface area contributed by atoms with Gasteiger partial charge in [0, 0.05) is 25.6 Å². The molecule has 1 saturated heterocycles. The highest BCUT2D eigenvalue weighted by molar-refractivity contribution is 5.78. The predicted octanol–water partition coefficient (Wildman–Crippen LogP) is 2.80. The molecule has 2 aliphatic rings. The minimum absolute atomic E-state index is 0.257. The van der Waals surface area contributed by atoms with Crippen LogP contribution in [-0.4, -0.2) is 37.0 Å². The number of nitrogens with zero attached hydrogens (tertiary/aromatic N) is 1. The van der Waals surface area contributed by atoms with Gasteiger partial charge < -0.3 is 10.2 Å². The van der Waals surface area contributed by atoms with Crippen LogP contribution in [0.1, 0.15) is 58.3 Å². The first-order valence-corrected chi connectivity index (χ1v) is 8.15. The highest BCUT2D eigenvalue weighted by Gasteiger charge is 2.27. The van der Waals surface area contributed by atoms with Gasteiger partial charge in [-0.3, -0.25) is 4.79 Å². The standard InChI is InChI=1S/C16H30N2O/c1-13-12-15(8-10-17-13)16(19)18(2)11-9-14-6-4-3-5-7-14/h13-15,17H,3-12H2,1-2H3/t13-,15-/m0/s1. The normalized spacial score (nSPS) is 29.2. The van der Waals surface area contributed by atoms with Gasteiger partial charge in [-0.1, -0.05) is 32.1 Å². The molecule has 3 heteroatoms. The fraction of sp³-hybridized carbons (Fsp3) is 0.938. The second-order valence-electron chi connectivity index (χ2n) is 6.63. The molecule has 0 aromatic heterocycles. The van der Waals surface area contributed by atoms with Gasteiger partial charge in [0.15, 0.2) is 0 Å². The van der Waals surface area contributed by atoms with Crippen LogP contribution in [0.15, 0.2) is 0 Å². The van der Waals surface area contributed by atoms with Gasteiger partial charge in [-0.2, -0.15) is 0 Å². The van der Waals surface area contributed by atoms with Gasteiger partial charge in [0.05, 0.1) is 0 Å². The van der Waals surface area contributed by atoms with E-state index in [-0.39, 0.29) is 5.92 Å². The summed E-state index contributed by atoms with van der Waals surface area (Å²) in [6.45, 7) is 4.14. The molecule has 2 rings (SSSR count). The average Bonchev–Trinajstić information content (AvgIpc) is 2.45. The third-order valence-corrected chi connectivity index (χ3v) is 4.95. The van der Waals surface area contributed by atoms with Gasteiger partial charge >= 0.3 is 0 Å². The van der Waals surface area contributed by atoms with Gasteiger partial charge in [0.2, 0.25) is 5.91 Å². The summed E-state index contributed by atoms with van der Waals surface area (Å²) in [7, 11) is 2.00. The molecule has 1 aliphatic carbocycles. The minimum atomic E-state index is 0.257. The van der Waals surface area contributed by atoms with Crippen LogP contribution in [0.3, 0.4) is 0 Å². The number of piperidine rings is 1. The smallest absolute Gasteiger partial charge is 0.225 e. The van der Waals surface area contributed by atoms with Crippen molar-refractivity contribution in [2.24, 2.45) is 11.8 Å². The van der Waals surface area contributed by atoms with Gasteiger partial charge in [-0.25, -0.2) is 0 Å². The van der Waals surface area contributed by atoms with Crippen molar-refractivity contribution in [3.63, 3.8) is 0 Å². The molecule has 0 radical (unpaired) electrons. The van der Waals surface area contributed by atoms with Crippen molar-refractivity contribution in [1.29, 1.82) is 0 Å².